The highest BCUT2D eigenvalue weighted by Crippen LogP contribution is 2.28. The quantitative estimate of drug-likeness (QED) is 0.718. The number of carbonyl (C=O) groups excluding carboxylic acids is 1. The molecule has 3 rings (SSSR count). The van der Waals surface area contributed by atoms with Gasteiger partial charge in [-0.2, -0.15) is 0 Å². The van der Waals surface area contributed by atoms with Crippen molar-refractivity contribution in [3.8, 4) is 0 Å². The molecule has 0 unspecified atom stereocenters. The standard InChI is InChI=1S/C18H19FN4OS/c1-4-11(5-2)17-22-23-18(25-17)21-16(24)14-8-10(3)20-15-7-6-12(19)9-13(14)15/h6-9,11H,4-5H2,1-3H3,(H,21,23,24). The van der Waals surface area contributed by atoms with E-state index in [0.29, 0.717) is 33.2 Å². The van der Waals surface area contributed by atoms with Crippen LogP contribution in [-0.4, -0.2) is 21.1 Å². The smallest absolute Gasteiger partial charge is 0.258 e. The monoisotopic (exact) mass is 358 g/mol. The fraction of sp³-hybridized carbons (Fsp3) is 0.333. The van der Waals surface area contributed by atoms with Crippen LogP contribution in [0.5, 0.6) is 0 Å². The highest BCUT2D eigenvalue weighted by molar-refractivity contribution is 7.15. The topological polar surface area (TPSA) is 67.8 Å². The number of hydrogen-bond donors (Lipinski definition) is 1. The number of anilines is 1. The van der Waals surface area contributed by atoms with Gasteiger partial charge in [-0.05, 0) is 44.0 Å². The summed E-state index contributed by atoms with van der Waals surface area (Å²) in [5.41, 5.74) is 1.65. The molecule has 0 aliphatic heterocycles. The second-order valence-corrected chi connectivity index (χ2v) is 6.89. The lowest BCUT2D eigenvalue weighted by molar-refractivity contribution is 0.102. The summed E-state index contributed by atoms with van der Waals surface area (Å²) < 4.78 is 13.6. The van der Waals surface area contributed by atoms with E-state index in [-0.39, 0.29) is 5.91 Å². The number of halogens is 1. The predicted octanol–water partition coefficient (Wildman–Crippen LogP) is 4.69. The maximum absolute atomic E-state index is 13.6. The minimum Gasteiger partial charge on any atom is -0.296 e. The van der Waals surface area contributed by atoms with Crippen molar-refractivity contribution in [2.24, 2.45) is 0 Å². The molecule has 0 aliphatic rings. The number of carbonyl (C=O) groups is 1. The van der Waals surface area contributed by atoms with Gasteiger partial charge in [0.1, 0.15) is 10.8 Å². The maximum Gasteiger partial charge on any atom is 0.258 e. The Morgan fingerprint density at radius 3 is 2.72 bits per heavy atom. The lowest BCUT2D eigenvalue weighted by atomic mass is 10.1. The van der Waals surface area contributed by atoms with E-state index < -0.39 is 5.82 Å². The Hall–Kier alpha value is -2.41. The zero-order valence-electron chi connectivity index (χ0n) is 14.3. The largest absolute Gasteiger partial charge is 0.296 e. The molecule has 25 heavy (non-hydrogen) atoms. The molecule has 0 atom stereocenters. The van der Waals surface area contributed by atoms with E-state index in [9.17, 15) is 9.18 Å². The lowest BCUT2D eigenvalue weighted by Crippen LogP contribution is -2.13. The van der Waals surface area contributed by atoms with E-state index in [1.807, 2.05) is 0 Å². The number of nitrogens with one attached hydrogen (secondary N) is 1. The van der Waals surface area contributed by atoms with Gasteiger partial charge >= 0.3 is 0 Å². The van der Waals surface area contributed by atoms with Gasteiger partial charge in [0.15, 0.2) is 0 Å². The van der Waals surface area contributed by atoms with Crippen LogP contribution in [0.3, 0.4) is 0 Å². The summed E-state index contributed by atoms with van der Waals surface area (Å²) in [6.45, 7) is 6.01. The summed E-state index contributed by atoms with van der Waals surface area (Å²) in [6.07, 6.45) is 1.96. The van der Waals surface area contributed by atoms with E-state index in [2.05, 4.69) is 34.3 Å². The van der Waals surface area contributed by atoms with Gasteiger partial charge in [-0.25, -0.2) is 4.39 Å². The van der Waals surface area contributed by atoms with Crippen molar-refractivity contribution in [2.45, 2.75) is 39.5 Å². The average molecular weight is 358 g/mol. The number of aryl methyl sites for hydroxylation is 1. The Kier molecular flexibility index (Phi) is 5.03. The first-order valence-corrected chi connectivity index (χ1v) is 9.05. The zero-order chi connectivity index (χ0) is 18.0. The number of pyridine rings is 1. The summed E-state index contributed by atoms with van der Waals surface area (Å²) in [7, 11) is 0. The predicted molar refractivity (Wildman–Crippen MR) is 97.6 cm³/mol. The van der Waals surface area contributed by atoms with Gasteiger partial charge in [-0.15, -0.1) is 10.2 Å². The van der Waals surface area contributed by atoms with Gasteiger partial charge in [0.25, 0.3) is 5.91 Å². The van der Waals surface area contributed by atoms with Gasteiger partial charge in [0.05, 0.1) is 11.1 Å². The molecule has 5 nitrogen and oxygen atoms in total. The Morgan fingerprint density at radius 1 is 1.24 bits per heavy atom. The number of hydrogen-bond acceptors (Lipinski definition) is 5. The zero-order valence-corrected chi connectivity index (χ0v) is 15.2. The SMILES string of the molecule is CCC(CC)c1nnc(NC(=O)c2cc(C)nc3ccc(F)cc23)s1. The first kappa shape index (κ1) is 17.4. The van der Waals surface area contributed by atoms with Crippen molar-refractivity contribution in [3.05, 3.63) is 46.3 Å². The molecule has 2 heterocycles. The van der Waals surface area contributed by atoms with Gasteiger partial charge in [-0.1, -0.05) is 25.2 Å². The lowest BCUT2D eigenvalue weighted by Gasteiger charge is -2.08. The van der Waals surface area contributed by atoms with Crippen molar-refractivity contribution >= 4 is 33.3 Å². The second kappa shape index (κ2) is 7.23. The molecule has 7 heteroatoms. The fourth-order valence-electron chi connectivity index (χ4n) is 2.77. The van der Waals surface area contributed by atoms with Crippen molar-refractivity contribution in [2.75, 3.05) is 5.32 Å². The second-order valence-electron chi connectivity index (χ2n) is 5.89. The Labute approximate surface area is 149 Å². The molecule has 2 aromatic heterocycles. The molecule has 0 aliphatic carbocycles. The van der Waals surface area contributed by atoms with Crippen LogP contribution in [0.25, 0.3) is 10.9 Å². The number of rotatable bonds is 5. The molecular formula is C18H19FN4OS. The fourth-order valence-corrected chi connectivity index (χ4v) is 3.78. The molecular weight excluding hydrogens is 339 g/mol. The van der Waals surface area contributed by atoms with E-state index in [4.69, 9.17) is 0 Å². The molecule has 1 aromatic carbocycles. The van der Waals surface area contributed by atoms with E-state index in [1.165, 1.54) is 23.5 Å². The summed E-state index contributed by atoms with van der Waals surface area (Å²) in [5.74, 6) is -0.395. The Bertz CT molecular complexity index is 921. The molecule has 0 radical (unpaired) electrons. The molecule has 3 aromatic rings. The van der Waals surface area contributed by atoms with Crippen molar-refractivity contribution in [3.63, 3.8) is 0 Å². The molecule has 0 bridgehead atoms. The molecule has 1 amide bonds. The number of aromatic nitrogens is 3. The molecule has 130 valence electrons. The first-order valence-electron chi connectivity index (χ1n) is 8.23. The van der Waals surface area contributed by atoms with E-state index in [0.717, 1.165) is 17.8 Å². The summed E-state index contributed by atoms with van der Waals surface area (Å²) in [5, 5.41) is 12.9. The number of benzene rings is 1. The highest BCUT2D eigenvalue weighted by atomic mass is 32.1. The normalized spacial score (nSPS) is 11.2. The number of amides is 1. The van der Waals surface area contributed by atoms with Gasteiger partial charge < -0.3 is 0 Å². The molecule has 0 spiro atoms. The minimum atomic E-state index is -0.404. The van der Waals surface area contributed by atoms with Crippen LogP contribution >= 0.6 is 11.3 Å². The highest BCUT2D eigenvalue weighted by Gasteiger charge is 2.17. The van der Waals surface area contributed by atoms with Crippen molar-refractivity contribution in [1.29, 1.82) is 0 Å². The molecule has 1 N–H and O–H groups in total. The third-order valence-corrected chi connectivity index (χ3v) is 5.14. The average Bonchev–Trinajstić information content (AvgIpc) is 3.04. The van der Waals surface area contributed by atoms with Crippen LogP contribution in [-0.2, 0) is 0 Å². The maximum atomic E-state index is 13.6. The molecule has 0 fully saturated rings. The number of fused-ring (bicyclic) bond motifs is 1. The van der Waals surface area contributed by atoms with Crippen LogP contribution in [0.4, 0.5) is 9.52 Å². The van der Waals surface area contributed by atoms with Crippen LogP contribution in [0.1, 0.15) is 53.7 Å². The van der Waals surface area contributed by atoms with Gasteiger partial charge in [-0.3, -0.25) is 15.1 Å². The van der Waals surface area contributed by atoms with Crippen molar-refractivity contribution in [1.82, 2.24) is 15.2 Å². The number of nitrogens with zero attached hydrogens (tertiary/aromatic N) is 3. The summed E-state index contributed by atoms with van der Waals surface area (Å²) in [6, 6.07) is 5.89. The molecule has 0 saturated heterocycles. The van der Waals surface area contributed by atoms with Crippen LogP contribution < -0.4 is 5.32 Å². The summed E-state index contributed by atoms with van der Waals surface area (Å²) >= 11 is 1.38. The third-order valence-electron chi connectivity index (χ3n) is 4.14. The Morgan fingerprint density at radius 2 is 2.00 bits per heavy atom. The van der Waals surface area contributed by atoms with E-state index in [1.54, 1.807) is 19.1 Å². The Balaban J connectivity index is 1.91. The molecule has 0 saturated carbocycles. The van der Waals surface area contributed by atoms with Crippen molar-refractivity contribution < 1.29 is 9.18 Å². The summed E-state index contributed by atoms with van der Waals surface area (Å²) in [4.78, 5) is 17.0. The van der Waals surface area contributed by atoms with Crippen LogP contribution in [0, 0.1) is 12.7 Å². The first-order chi connectivity index (χ1) is 12.0. The van der Waals surface area contributed by atoms with Crippen LogP contribution in [0.15, 0.2) is 24.3 Å². The van der Waals surface area contributed by atoms with Gasteiger partial charge in [0.2, 0.25) is 5.13 Å². The van der Waals surface area contributed by atoms with Gasteiger partial charge in [0, 0.05) is 17.0 Å². The third kappa shape index (κ3) is 3.66. The van der Waals surface area contributed by atoms with Crippen LogP contribution in [0.2, 0.25) is 0 Å². The minimum absolute atomic E-state index is 0.339. The van der Waals surface area contributed by atoms with E-state index >= 15 is 0 Å².